The number of halogens is 2. The van der Waals surface area contributed by atoms with E-state index in [1.807, 2.05) is 0 Å². The van der Waals surface area contributed by atoms with Crippen LogP contribution in [0.15, 0.2) is 0 Å². The predicted octanol–water partition coefficient (Wildman–Crippen LogP) is 0.707. The quantitative estimate of drug-likeness (QED) is 0.580. The van der Waals surface area contributed by atoms with Crippen LogP contribution in [0.2, 0.25) is 0 Å². The molecule has 1 nitrogen and oxygen atoms in total. The van der Waals surface area contributed by atoms with Crippen molar-refractivity contribution in [2.75, 3.05) is 0 Å². The Kier molecular flexibility index (Phi) is 20.0. The Morgan fingerprint density at radius 3 is 1.25 bits per heavy atom. The van der Waals surface area contributed by atoms with Gasteiger partial charge < -0.3 is 0 Å². The second-order valence-electron chi connectivity index (χ2n) is 0.0583. The fourth-order valence-electron chi connectivity index (χ4n) is 0. The average Bonchev–Trinajstić information content (AvgIpc) is 0.918. The fourth-order valence-corrected chi connectivity index (χ4v) is 0. The Labute approximate surface area is 52.5 Å². The van der Waals surface area contributed by atoms with E-state index < -0.39 is 0 Å². The molecular weight excluding hydrogens is 255 g/mol. The van der Waals surface area contributed by atoms with Crippen molar-refractivity contribution >= 4 is 49.6 Å². The molecule has 0 unspecified atom stereocenters. The maximum absolute atomic E-state index is 3.88. The third kappa shape index (κ3) is 9.88. The molecule has 0 N–H and O–H groups in total. The zero-order chi connectivity index (χ0) is 2.71. The van der Waals surface area contributed by atoms with E-state index in [4.69, 9.17) is 0 Å². The van der Waals surface area contributed by atoms with Gasteiger partial charge in [0.25, 0.3) is 0 Å². The molecule has 0 spiro atoms. The van der Waals surface area contributed by atoms with E-state index in [9.17, 15) is 0 Å². The third-order valence-corrected chi connectivity index (χ3v) is 0. The molecule has 0 radical (unpaired) electrons. The first-order chi connectivity index (χ1) is 1.41. The molecule has 28 valence electrons. The SMILES string of the molecule is BrOBr.[SeH2]. The molecule has 0 aliphatic rings. The van der Waals surface area contributed by atoms with Crippen LogP contribution in [0.3, 0.4) is 0 Å². The summed E-state index contributed by atoms with van der Waals surface area (Å²) in [5, 5.41) is 0. The van der Waals surface area contributed by atoms with Gasteiger partial charge in [0, 0.05) is 0 Å². The van der Waals surface area contributed by atoms with E-state index in [1.165, 1.54) is 0 Å². The Balaban J connectivity index is 0. The summed E-state index contributed by atoms with van der Waals surface area (Å²) in [4.78, 5) is 0. The molecular formula is H2Br2OSe. The summed E-state index contributed by atoms with van der Waals surface area (Å²) < 4.78 is 3.88. The Morgan fingerprint density at radius 1 is 1.25 bits per heavy atom. The van der Waals surface area contributed by atoms with Crippen LogP contribution >= 0.6 is 32.5 Å². The van der Waals surface area contributed by atoms with Gasteiger partial charge in [-0.05, 0) is 0 Å². The second-order valence-corrected chi connectivity index (χ2v) is 1.57. The van der Waals surface area contributed by atoms with Crippen LogP contribution in [-0.4, -0.2) is 17.1 Å². The van der Waals surface area contributed by atoms with Gasteiger partial charge in [0.1, 0.15) is 32.5 Å². The van der Waals surface area contributed by atoms with Crippen molar-refractivity contribution in [1.29, 1.82) is 0 Å². The van der Waals surface area contributed by atoms with Crippen molar-refractivity contribution in [3.8, 4) is 0 Å². The first kappa shape index (κ1) is 9.06. The number of hydrogen-bond acceptors (Lipinski definition) is 1. The molecule has 4 heteroatoms. The summed E-state index contributed by atoms with van der Waals surface area (Å²) in [6.07, 6.45) is 0. The first-order valence-electron chi connectivity index (χ1n) is 0.309. The molecule has 0 atom stereocenters. The van der Waals surface area contributed by atoms with Crippen LogP contribution in [0.5, 0.6) is 0 Å². The molecule has 0 aromatic carbocycles. The zero-order valence-electron chi connectivity index (χ0n) is 1.66. The van der Waals surface area contributed by atoms with E-state index in [0.717, 1.165) is 0 Å². The average molecular weight is 257 g/mol. The van der Waals surface area contributed by atoms with Crippen molar-refractivity contribution in [2.24, 2.45) is 0 Å². The van der Waals surface area contributed by atoms with Gasteiger partial charge in [-0.1, -0.05) is 0 Å². The van der Waals surface area contributed by atoms with Crippen molar-refractivity contribution in [3.05, 3.63) is 0 Å². The van der Waals surface area contributed by atoms with Gasteiger partial charge in [0.15, 0.2) is 0 Å². The maximum atomic E-state index is 3.88. The van der Waals surface area contributed by atoms with Crippen LogP contribution in [0.25, 0.3) is 0 Å². The van der Waals surface area contributed by atoms with E-state index in [1.54, 1.807) is 0 Å². The molecule has 0 amide bonds. The van der Waals surface area contributed by atoms with Crippen LogP contribution in [-0.2, 0) is 2.92 Å². The summed E-state index contributed by atoms with van der Waals surface area (Å²) in [6, 6.07) is 0. The number of rotatable bonds is 0. The van der Waals surface area contributed by atoms with Gasteiger partial charge in [-0.15, -0.1) is 0 Å². The Morgan fingerprint density at radius 2 is 1.25 bits per heavy atom. The van der Waals surface area contributed by atoms with E-state index in [2.05, 4.69) is 35.4 Å². The van der Waals surface area contributed by atoms with Crippen LogP contribution in [0.4, 0.5) is 0 Å². The molecule has 0 aromatic rings. The summed E-state index contributed by atoms with van der Waals surface area (Å²) in [5.41, 5.74) is 0. The molecule has 0 aromatic heterocycles. The van der Waals surface area contributed by atoms with Crippen LogP contribution < -0.4 is 0 Å². The molecule has 0 aliphatic heterocycles. The zero-order valence-corrected chi connectivity index (χ0v) is 6.93. The molecule has 0 bridgehead atoms. The van der Waals surface area contributed by atoms with Gasteiger partial charge in [-0.25, -0.2) is 2.92 Å². The Hall–Kier alpha value is 1.44. The van der Waals surface area contributed by atoms with Crippen molar-refractivity contribution in [3.63, 3.8) is 0 Å². The summed E-state index contributed by atoms with van der Waals surface area (Å²) >= 11 is 5.12. The summed E-state index contributed by atoms with van der Waals surface area (Å²) in [5.74, 6) is 0. The van der Waals surface area contributed by atoms with Gasteiger partial charge in [-0.3, -0.25) is 0 Å². The molecule has 0 aliphatic carbocycles. The van der Waals surface area contributed by atoms with Crippen molar-refractivity contribution in [1.82, 2.24) is 0 Å². The monoisotopic (exact) mass is 256 g/mol. The normalized spacial score (nSPS) is 4.50. The number of hydrogen-bond donors (Lipinski definition) is 0. The summed E-state index contributed by atoms with van der Waals surface area (Å²) in [6.45, 7) is 0. The van der Waals surface area contributed by atoms with Crippen LogP contribution in [0.1, 0.15) is 0 Å². The van der Waals surface area contributed by atoms with Gasteiger partial charge in [0.05, 0.1) is 0 Å². The van der Waals surface area contributed by atoms with E-state index >= 15 is 0 Å². The molecule has 0 saturated carbocycles. The fraction of sp³-hybridized carbons (Fsp3) is 0. The molecule has 4 heavy (non-hydrogen) atoms. The van der Waals surface area contributed by atoms with E-state index in [-0.39, 0.29) is 17.1 Å². The molecule has 0 rings (SSSR count). The predicted molar refractivity (Wildman–Crippen MR) is 27.5 cm³/mol. The van der Waals surface area contributed by atoms with Gasteiger partial charge >= 0.3 is 17.1 Å². The molecule has 0 heterocycles. The summed E-state index contributed by atoms with van der Waals surface area (Å²) in [7, 11) is 0. The first-order valence-corrected chi connectivity index (χ1v) is 1.60. The Bertz CT molecular complexity index is 6.00. The topological polar surface area (TPSA) is 9.23 Å². The van der Waals surface area contributed by atoms with Gasteiger partial charge in [-0.2, -0.15) is 0 Å². The van der Waals surface area contributed by atoms with Crippen molar-refractivity contribution < 1.29 is 2.92 Å². The standard InChI is InChI=1S/Br2O.H2Se/c1-3-2;/h;1H2. The second kappa shape index (κ2) is 8.83. The van der Waals surface area contributed by atoms with E-state index in [0.29, 0.717) is 0 Å². The minimum atomic E-state index is 0. The van der Waals surface area contributed by atoms with Crippen LogP contribution in [0, 0.1) is 0 Å². The van der Waals surface area contributed by atoms with Gasteiger partial charge in [0.2, 0.25) is 0 Å². The minimum absolute atomic E-state index is 0. The van der Waals surface area contributed by atoms with Crippen molar-refractivity contribution in [2.45, 2.75) is 0 Å². The molecule has 0 fully saturated rings. The molecule has 0 saturated heterocycles. The third-order valence-electron chi connectivity index (χ3n) is 0.